The Bertz CT molecular complexity index is 178. The summed E-state index contributed by atoms with van der Waals surface area (Å²) < 4.78 is 0. The number of nitrogens with two attached hydrogens (primary N) is 1. The number of rotatable bonds is 1. The van der Waals surface area contributed by atoms with Gasteiger partial charge >= 0.3 is 0 Å². The standard InChI is InChI=1S/C13H27N/c1-9(2)10-6-7-12(14)11(8-10)13(3,4)5/h9-12H,6-8,14H2,1-5H3. The van der Waals surface area contributed by atoms with Crippen molar-refractivity contribution in [2.75, 3.05) is 0 Å². The van der Waals surface area contributed by atoms with E-state index in [9.17, 15) is 0 Å². The summed E-state index contributed by atoms with van der Waals surface area (Å²) in [5, 5.41) is 0. The molecule has 0 bridgehead atoms. The highest BCUT2D eigenvalue weighted by atomic mass is 14.7. The van der Waals surface area contributed by atoms with Crippen LogP contribution in [0.15, 0.2) is 0 Å². The van der Waals surface area contributed by atoms with E-state index in [-0.39, 0.29) is 0 Å². The average Bonchev–Trinajstić information content (AvgIpc) is 2.02. The third-order valence-corrected chi connectivity index (χ3v) is 4.00. The summed E-state index contributed by atoms with van der Waals surface area (Å²) in [7, 11) is 0. The molecule has 1 aliphatic carbocycles. The molecule has 1 nitrogen and oxygen atoms in total. The molecule has 1 heteroatoms. The molecular formula is C13H27N. The van der Waals surface area contributed by atoms with E-state index < -0.39 is 0 Å². The summed E-state index contributed by atoms with van der Waals surface area (Å²) in [5.74, 6) is 2.44. The Morgan fingerprint density at radius 2 is 1.71 bits per heavy atom. The van der Waals surface area contributed by atoms with Crippen molar-refractivity contribution in [3.8, 4) is 0 Å². The van der Waals surface area contributed by atoms with Crippen LogP contribution in [0.5, 0.6) is 0 Å². The number of hydrogen-bond acceptors (Lipinski definition) is 1. The summed E-state index contributed by atoms with van der Waals surface area (Å²) >= 11 is 0. The Morgan fingerprint density at radius 3 is 2.14 bits per heavy atom. The van der Waals surface area contributed by atoms with E-state index in [0.29, 0.717) is 17.4 Å². The molecule has 0 aromatic heterocycles. The Labute approximate surface area is 89.5 Å². The number of hydrogen-bond donors (Lipinski definition) is 1. The second kappa shape index (κ2) is 4.22. The molecule has 1 fully saturated rings. The van der Waals surface area contributed by atoms with E-state index in [1.807, 2.05) is 0 Å². The van der Waals surface area contributed by atoms with Crippen LogP contribution in [-0.2, 0) is 0 Å². The van der Waals surface area contributed by atoms with Gasteiger partial charge in [-0.15, -0.1) is 0 Å². The molecule has 0 heterocycles. The maximum absolute atomic E-state index is 6.23. The van der Waals surface area contributed by atoms with Crippen molar-refractivity contribution in [2.45, 2.75) is 59.9 Å². The van der Waals surface area contributed by atoms with Gasteiger partial charge in [0.05, 0.1) is 0 Å². The van der Waals surface area contributed by atoms with Gasteiger partial charge in [-0.3, -0.25) is 0 Å². The molecule has 0 radical (unpaired) electrons. The lowest BCUT2D eigenvalue weighted by Crippen LogP contribution is -2.43. The summed E-state index contributed by atoms with van der Waals surface area (Å²) in [4.78, 5) is 0. The minimum absolute atomic E-state index is 0.382. The van der Waals surface area contributed by atoms with Gasteiger partial charge in [-0.2, -0.15) is 0 Å². The van der Waals surface area contributed by atoms with E-state index >= 15 is 0 Å². The van der Waals surface area contributed by atoms with Gasteiger partial charge in [-0.25, -0.2) is 0 Å². The van der Waals surface area contributed by atoms with Crippen molar-refractivity contribution < 1.29 is 0 Å². The Hall–Kier alpha value is -0.0400. The molecule has 3 atom stereocenters. The first-order valence-electron chi connectivity index (χ1n) is 6.08. The fourth-order valence-corrected chi connectivity index (χ4v) is 2.83. The minimum atomic E-state index is 0.382. The van der Waals surface area contributed by atoms with Crippen LogP contribution in [0.3, 0.4) is 0 Å². The lowest BCUT2D eigenvalue weighted by Gasteiger charge is -2.43. The minimum Gasteiger partial charge on any atom is -0.327 e. The van der Waals surface area contributed by atoms with Crippen molar-refractivity contribution in [1.29, 1.82) is 0 Å². The molecule has 0 aliphatic heterocycles. The molecule has 0 aromatic carbocycles. The van der Waals surface area contributed by atoms with Gasteiger partial charge in [0, 0.05) is 6.04 Å². The second-order valence-corrected chi connectivity index (χ2v) is 6.45. The zero-order valence-corrected chi connectivity index (χ0v) is 10.5. The van der Waals surface area contributed by atoms with Crippen LogP contribution in [0.4, 0.5) is 0 Å². The summed E-state index contributed by atoms with van der Waals surface area (Å²) in [6, 6.07) is 0.435. The first-order valence-corrected chi connectivity index (χ1v) is 6.08. The molecule has 1 rings (SSSR count). The normalized spacial score (nSPS) is 34.9. The molecule has 3 unspecified atom stereocenters. The van der Waals surface area contributed by atoms with Gasteiger partial charge < -0.3 is 5.73 Å². The van der Waals surface area contributed by atoms with E-state index in [1.54, 1.807) is 0 Å². The maximum atomic E-state index is 6.23. The van der Waals surface area contributed by atoms with Crippen molar-refractivity contribution in [3.63, 3.8) is 0 Å². The monoisotopic (exact) mass is 197 g/mol. The fourth-order valence-electron chi connectivity index (χ4n) is 2.83. The van der Waals surface area contributed by atoms with E-state index in [1.165, 1.54) is 19.3 Å². The largest absolute Gasteiger partial charge is 0.327 e. The second-order valence-electron chi connectivity index (χ2n) is 6.45. The van der Waals surface area contributed by atoms with Crippen LogP contribution in [0, 0.1) is 23.2 Å². The Kier molecular flexibility index (Phi) is 3.63. The average molecular weight is 197 g/mol. The predicted molar refractivity (Wildman–Crippen MR) is 63.1 cm³/mol. The molecule has 0 saturated heterocycles. The van der Waals surface area contributed by atoms with Crippen LogP contribution in [-0.4, -0.2) is 6.04 Å². The van der Waals surface area contributed by atoms with Gasteiger partial charge in [0.2, 0.25) is 0 Å². The molecule has 1 saturated carbocycles. The Morgan fingerprint density at radius 1 is 1.14 bits per heavy atom. The topological polar surface area (TPSA) is 26.0 Å². The third kappa shape index (κ3) is 2.73. The lowest BCUT2D eigenvalue weighted by molar-refractivity contribution is 0.0988. The van der Waals surface area contributed by atoms with E-state index in [4.69, 9.17) is 5.73 Å². The van der Waals surface area contributed by atoms with Gasteiger partial charge in [0.25, 0.3) is 0 Å². The maximum Gasteiger partial charge on any atom is 0.00723 e. The summed E-state index contributed by atoms with van der Waals surface area (Å²) in [6.45, 7) is 11.7. The molecule has 0 aromatic rings. The van der Waals surface area contributed by atoms with Crippen molar-refractivity contribution >= 4 is 0 Å². The molecule has 0 amide bonds. The molecule has 0 spiro atoms. The lowest BCUT2D eigenvalue weighted by atomic mass is 9.65. The van der Waals surface area contributed by atoms with Crippen LogP contribution in [0.1, 0.15) is 53.9 Å². The Balaban J connectivity index is 2.65. The van der Waals surface area contributed by atoms with Crippen LogP contribution >= 0.6 is 0 Å². The molecule has 14 heavy (non-hydrogen) atoms. The molecule has 2 N–H and O–H groups in total. The summed E-state index contributed by atoms with van der Waals surface area (Å²) in [5.41, 5.74) is 6.61. The third-order valence-electron chi connectivity index (χ3n) is 4.00. The van der Waals surface area contributed by atoms with Crippen LogP contribution < -0.4 is 5.73 Å². The van der Waals surface area contributed by atoms with Crippen molar-refractivity contribution in [3.05, 3.63) is 0 Å². The first-order chi connectivity index (χ1) is 6.32. The van der Waals surface area contributed by atoms with Crippen LogP contribution in [0.2, 0.25) is 0 Å². The van der Waals surface area contributed by atoms with Gasteiger partial charge in [0.1, 0.15) is 0 Å². The van der Waals surface area contributed by atoms with Crippen LogP contribution in [0.25, 0.3) is 0 Å². The zero-order valence-electron chi connectivity index (χ0n) is 10.5. The predicted octanol–water partition coefficient (Wildman–Crippen LogP) is 3.43. The van der Waals surface area contributed by atoms with Crippen molar-refractivity contribution in [1.82, 2.24) is 0 Å². The van der Waals surface area contributed by atoms with Gasteiger partial charge in [-0.05, 0) is 42.4 Å². The van der Waals surface area contributed by atoms with Gasteiger partial charge in [-0.1, -0.05) is 34.6 Å². The highest BCUT2D eigenvalue weighted by Crippen LogP contribution is 2.41. The quantitative estimate of drug-likeness (QED) is 0.684. The first kappa shape index (κ1) is 12.0. The van der Waals surface area contributed by atoms with Crippen molar-refractivity contribution in [2.24, 2.45) is 28.9 Å². The zero-order chi connectivity index (χ0) is 10.9. The molecule has 1 aliphatic rings. The van der Waals surface area contributed by atoms with E-state index in [0.717, 1.165) is 11.8 Å². The molecular weight excluding hydrogens is 170 g/mol. The highest BCUT2D eigenvalue weighted by Gasteiger charge is 2.36. The van der Waals surface area contributed by atoms with Gasteiger partial charge in [0.15, 0.2) is 0 Å². The van der Waals surface area contributed by atoms with E-state index in [2.05, 4.69) is 34.6 Å². The SMILES string of the molecule is CC(C)C1CCC(N)C(C(C)(C)C)C1. The summed E-state index contributed by atoms with van der Waals surface area (Å²) in [6.07, 6.45) is 3.90. The molecule has 84 valence electrons. The fraction of sp³-hybridized carbons (Fsp3) is 1.00. The highest BCUT2D eigenvalue weighted by molar-refractivity contribution is 4.89. The smallest absolute Gasteiger partial charge is 0.00723 e.